The fourth-order valence-electron chi connectivity index (χ4n) is 3.81. The van der Waals surface area contributed by atoms with Gasteiger partial charge < -0.3 is 25.3 Å². The number of ether oxygens (including phenoxy) is 2. The molecule has 0 unspecified atom stereocenters. The topological polar surface area (TPSA) is 84.9 Å². The van der Waals surface area contributed by atoms with Crippen molar-refractivity contribution in [3.8, 4) is 0 Å². The second-order valence-electron chi connectivity index (χ2n) is 7.84. The smallest absolute Gasteiger partial charge is 0.423 e. The van der Waals surface area contributed by atoms with Crippen LogP contribution in [0.1, 0.15) is 23.6 Å². The van der Waals surface area contributed by atoms with Crippen LogP contribution in [0.15, 0.2) is 91.0 Å². The maximum absolute atomic E-state index is 9.64. The predicted octanol–water partition coefficient (Wildman–Crippen LogP) is 3.71. The molecule has 0 bridgehead atoms. The van der Waals surface area contributed by atoms with E-state index < -0.39 is 12.9 Å². The van der Waals surface area contributed by atoms with Crippen molar-refractivity contribution in [2.75, 3.05) is 5.73 Å². The van der Waals surface area contributed by atoms with Gasteiger partial charge in [-0.25, -0.2) is 0 Å². The van der Waals surface area contributed by atoms with Gasteiger partial charge in [0.1, 0.15) is 0 Å². The molecule has 0 aliphatic rings. The van der Waals surface area contributed by atoms with Gasteiger partial charge in [0, 0.05) is 22.1 Å². The monoisotopic (exact) mass is 427 g/mol. The molecule has 0 fully saturated rings. The van der Waals surface area contributed by atoms with Gasteiger partial charge in [0.25, 0.3) is 0 Å². The molecular formula is C26H26BNO4. The summed E-state index contributed by atoms with van der Waals surface area (Å²) < 4.78 is 12.8. The normalized spacial score (nSPS) is 11.6. The highest BCUT2D eigenvalue weighted by atomic mass is 16.7. The van der Waals surface area contributed by atoms with Gasteiger partial charge >= 0.3 is 7.12 Å². The van der Waals surface area contributed by atoms with Crippen LogP contribution in [0.5, 0.6) is 0 Å². The van der Waals surface area contributed by atoms with E-state index in [0.29, 0.717) is 24.3 Å². The first-order valence-electron chi connectivity index (χ1n) is 10.5. The molecule has 0 saturated carbocycles. The summed E-state index contributed by atoms with van der Waals surface area (Å²) in [4.78, 5) is 0. The van der Waals surface area contributed by atoms with E-state index in [4.69, 9.17) is 15.2 Å². The minimum atomic E-state index is -1.64. The Labute approximate surface area is 188 Å². The third kappa shape index (κ3) is 4.69. The van der Waals surface area contributed by atoms with E-state index in [-0.39, 0.29) is 5.46 Å². The van der Waals surface area contributed by atoms with Gasteiger partial charge in [-0.05, 0) is 23.4 Å². The van der Waals surface area contributed by atoms with Gasteiger partial charge in [-0.2, -0.15) is 0 Å². The molecule has 32 heavy (non-hydrogen) atoms. The molecule has 0 heterocycles. The average molecular weight is 427 g/mol. The summed E-state index contributed by atoms with van der Waals surface area (Å²) >= 11 is 0. The lowest BCUT2D eigenvalue weighted by atomic mass is 9.77. The summed E-state index contributed by atoms with van der Waals surface area (Å²) in [5, 5.41) is 20.8. The number of hydrogen-bond acceptors (Lipinski definition) is 5. The Bertz CT molecular complexity index is 1140. The predicted molar refractivity (Wildman–Crippen MR) is 128 cm³/mol. The maximum Gasteiger partial charge on any atom is 0.490 e. The molecule has 0 aromatic heterocycles. The zero-order valence-electron chi connectivity index (χ0n) is 17.9. The fraction of sp³-hybridized carbons (Fsp3) is 0.154. The Balaban J connectivity index is 1.74. The Hall–Kier alpha value is -3.16. The third-order valence-electron chi connectivity index (χ3n) is 5.62. The highest BCUT2D eigenvalue weighted by molar-refractivity contribution is 6.61. The van der Waals surface area contributed by atoms with Crippen molar-refractivity contribution in [2.24, 2.45) is 0 Å². The van der Waals surface area contributed by atoms with Crippen molar-refractivity contribution >= 4 is 29.0 Å². The van der Waals surface area contributed by atoms with Gasteiger partial charge in [-0.1, -0.05) is 91.0 Å². The summed E-state index contributed by atoms with van der Waals surface area (Å²) in [5.74, 6) is -1.07. The van der Waals surface area contributed by atoms with Crippen LogP contribution >= 0.6 is 0 Å². The van der Waals surface area contributed by atoms with Crippen molar-refractivity contribution in [3.63, 3.8) is 0 Å². The quantitative estimate of drug-likeness (QED) is 0.227. The van der Waals surface area contributed by atoms with E-state index in [9.17, 15) is 10.0 Å². The van der Waals surface area contributed by atoms with Crippen molar-refractivity contribution in [3.05, 3.63) is 108 Å². The zero-order valence-corrected chi connectivity index (χ0v) is 17.9. The average Bonchev–Trinajstić information content (AvgIpc) is 2.82. The molecule has 0 spiro atoms. The standard InChI is InChI=1S/C26H26BNO4/c1-26(31-17-19-9-4-2-5-10-19,32-18-20-11-6-3-7-12-20)23-14-8-13-22-21(23)15-16-24(25(22)28)27(29)30/h2-16,29-30H,17-18,28H2,1H3. The number of nitrogen functional groups attached to an aromatic ring is 1. The molecule has 0 radical (unpaired) electrons. The molecule has 0 amide bonds. The van der Waals surface area contributed by atoms with Crippen LogP contribution < -0.4 is 11.2 Å². The second kappa shape index (κ2) is 9.55. The van der Waals surface area contributed by atoms with E-state index in [0.717, 1.165) is 22.1 Å². The van der Waals surface area contributed by atoms with Gasteiger partial charge in [0.15, 0.2) is 5.79 Å². The van der Waals surface area contributed by atoms with Crippen molar-refractivity contribution in [2.45, 2.75) is 25.9 Å². The van der Waals surface area contributed by atoms with E-state index in [2.05, 4.69) is 0 Å². The molecule has 162 valence electrons. The van der Waals surface area contributed by atoms with E-state index in [1.165, 1.54) is 0 Å². The molecule has 0 aliphatic carbocycles. The Morgan fingerprint density at radius 1 is 0.719 bits per heavy atom. The number of anilines is 1. The van der Waals surface area contributed by atoms with Crippen molar-refractivity contribution in [1.29, 1.82) is 0 Å². The zero-order chi connectivity index (χ0) is 22.6. The lowest BCUT2D eigenvalue weighted by molar-refractivity contribution is -0.247. The van der Waals surface area contributed by atoms with E-state index in [1.807, 2.05) is 91.9 Å². The summed E-state index contributed by atoms with van der Waals surface area (Å²) in [7, 11) is -1.64. The Kier molecular flexibility index (Phi) is 6.58. The fourth-order valence-corrected chi connectivity index (χ4v) is 3.81. The SMILES string of the molecule is CC(OCc1ccccc1)(OCc1ccccc1)c1cccc2c(N)c(B(O)O)ccc12. The molecule has 0 atom stereocenters. The van der Waals surface area contributed by atoms with Gasteiger partial charge in [-0.3, -0.25) is 0 Å². The lowest BCUT2D eigenvalue weighted by Gasteiger charge is -2.32. The first kappa shape index (κ1) is 22.1. The molecule has 0 aliphatic heterocycles. The van der Waals surface area contributed by atoms with E-state index >= 15 is 0 Å². The molecule has 6 heteroatoms. The number of nitrogens with two attached hydrogens (primary N) is 1. The number of fused-ring (bicyclic) bond motifs is 1. The van der Waals surface area contributed by atoms with Crippen LogP contribution in [0, 0.1) is 0 Å². The summed E-state index contributed by atoms with van der Waals surface area (Å²) in [6, 6.07) is 29.0. The molecule has 4 N–H and O–H groups in total. The molecule has 4 aromatic carbocycles. The van der Waals surface area contributed by atoms with Crippen molar-refractivity contribution < 1.29 is 19.5 Å². The Morgan fingerprint density at radius 2 is 1.28 bits per heavy atom. The number of rotatable bonds is 8. The van der Waals surface area contributed by atoms with E-state index in [1.54, 1.807) is 6.07 Å². The minimum Gasteiger partial charge on any atom is -0.423 e. The summed E-state index contributed by atoms with van der Waals surface area (Å²) in [6.45, 7) is 2.63. The molecular weight excluding hydrogens is 401 g/mol. The van der Waals surface area contributed by atoms with Crippen LogP contribution in [0.3, 0.4) is 0 Å². The lowest BCUT2D eigenvalue weighted by Crippen LogP contribution is -2.33. The van der Waals surface area contributed by atoms with Crippen molar-refractivity contribution in [1.82, 2.24) is 0 Å². The molecule has 0 saturated heterocycles. The van der Waals surface area contributed by atoms with Crippen LogP contribution in [-0.2, 0) is 28.5 Å². The van der Waals surface area contributed by atoms with Crippen LogP contribution in [0.25, 0.3) is 10.8 Å². The second-order valence-corrected chi connectivity index (χ2v) is 7.84. The highest BCUT2D eigenvalue weighted by Gasteiger charge is 2.31. The first-order chi connectivity index (χ1) is 15.5. The largest absolute Gasteiger partial charge is 0.490 e. The maximum atomic E-state index is 9.64. The summed E-state index contributed by atoms with van der Waals surface area (Å²) in [6.07, 6.45) is 0. The van der Waals surface area contributed by atoms with Gasteiger partial charge in [0.2, 0.25) is 0 Å². The van der Waals surface area contributed by atoms with Gasteiger partial charge in [-0.15, -0.1) is 0 Å². The Morgan fingerprint density at radius 3 is 1.81 bits per heavy atom. The molecule has 4 aromatic rings. The first-order valence-corrected chi connectivity index (χ1v) is 10.5. The number of hydrogen-bond donors (Lipinski definition) is 3. The minimum absolute atomic E-state index is 0.270. The summed E-state index contributed by atoms with van der Waals surface area (Å²) in [5.41, 5.74) is 9.74. The van der Waals surface area contributed by atoms with Crippen LogP contribution in [0.2, 0.25) is 0 Å². The highest BCUT2D eigenvalue weighted by Crippen LogP contribution is 2.36. The molecule has 5 nitrogen and oxygen atoms in total. The third-order valence-corrected chi connectivity index (χ3v) is 5.62. The van der Waals surface area contributed by atoms with Gasteiger partial charge in [0.05, 0.1) is 13.2 Å². The molecule has 4 rings (SSSR count). The van der Waals surface area contributed by atoms with Crippen LogP contribution in [-0.4, -0.2) is 17.2 Å². The van der Waals surface area contributed by atoms with Crippen LogP contribution in [0.4, 0.5) is 5.69 Å². The number of benzene rings is 4.